The quantitative estimate of drug-likeness (QED) is 0.160. The predicted molar refractivity (Wildman–Crippen MR) is 267 cm³/mol. The van der Waals surface area contributed by atoms with Gasteiger partial charge in [-0.1, -0.05) is 183 Å². The van der Waals surface area contributed by atoms with E-state index in [1.54, 1.807) is 0 Å². The summed E-state index contributed by atoms with van der Waals surface area (Å²) < 4.78 is 2.36. The molecule has 0 radical (unpaired) electrons. The van der Waals surface area contributed by atoms with Crippen LogP contribution in [-0.2, 0) is 16.2 Å². The molecule has 2 aromatic heterocycles. The monoisotopic (exact) mass is 820 g/mol. The van der Waals surface area contributed by atoms with Crippen LogP contribution in [0.1, 0.15) is 77.6 Å². The number of pyridine rings is 1. The maximum atomic E-state index is 4.98. The van der Waals surface area contributed by atoms with Crippen LogP contribution in [0.15, 0.2) is 182 Å². The highest BCUT2D eigenvalue weighted by Crippen LogP contribution is 2.51. The van der Waals surface area contributed by atoms with Gasteiger partial charge in [-0.05, 0) is 92.7 Å². The molecule has 9 aromatic rings. The predicted octanol–water partition coefficient (Wildman–Crippen LogP) is 15.7. The largest absolute Gasteiger partial charge is 0.321 e. The fraction of sp³-hybridized carbons (Fsp3) is 0.203. The van der Waals surface area contributed by atoms with Crippen molar-refractivity contribution in [1.82, 2.24) is 9.55 Å². The van der Waals surface area contributed by atoms with Crippen LogP contribution < -0.4 is 9.80 Å². The Bertz CT molecular complexity index is 3080. The lowest BCUT2D eigenvalue weighted by atomic mass is 9.75. The van der Waals surface area contributed by atoms with Gasteiger partial charge in [0.15, 0.2) is 0 Å². The molecule has 0 saturated heterocycles. The molecule has 1 aliphatic rings. The lowest BCUT2D eigenvalue weighted by Gasteiger charge is -2.32. The summed E-state index contributed by atoms with van der Waals surface area (Å²) in [5, 5.41) is 2.47. The summed E-state index contributed by atoms with van der Waals surface area (Å²) in [6.07, 6.45) is 1.96. The molecule has 7 aromatic carbocycles. The van der Waals surface area contributed by atoms with Gasteiger partial charge in [0.1, 0.15) is 12.5 Å². The van der Waals surface area contributed by atoms with Crippen LogP contribution in [0.25, 0.3) is 49.9 Å². The summed E-state index contributed by atoms with van der Waals surface area (Å²) in [4.78, 5) is 10.0. The van der Waals surface area contributed by atoms with E-state index in [4.69, 9.17) is 4.98 Å². The van der Waals surface area contributed by atoms with Gasteiger partial charge < -0.3 is 9.80 Å². The molecule has 0 atom stereocenters. The van der Waals surface area contributed by atoms with E-state index in [9.17, 15) is 0 Å². The van der Waals surface area contributed by atoms with Gasteiger partial charge in [-0.25, -0.2) is 4.98 Å². The minimum atomic E-state index is -0.342. The van der Waals surface area contributed by atoms with Crippen LogP contribution in [-0.4, -0.2) is 16.2 Å². The highest BCUT2D eigenvalue weighted by Gasteiger charge is 2.34. The Morgan fingerprint density at radius 3 is 1.65 bits per heavy atom. The zero-order valence-corrected chi connectivity index (χ0v) is 37.8. The maximum absolute atomic E-state index is 4.98. The Labute approximate surface area is 373 Å². The van der Waals surface area contributed by atoms with E-state index in [1.807, 2.05) is 6.20 Å². The van der Waals surface area contributed by atoms with Gasteiger partial charge in [0.2, 0.25) is 0 Å². The number of nitrogens with zero attached hydrogens (tertiary/aromatic N) is 4. The van der Waals surface area contributed by atoms with Gasteiger partial charge in [0, 0.05) is 39.2 Å². The molecule has 3 heterocycles. The first-order chi connectivity index (χ1) is 30.3. The summed E-state index contributed by atoms with van der Waals surface area (Å²) in [5.74, 6) is 0.946. The van der Waals surface area contributed by atoms with Crippen molar-refractivity contribution in [2.24, 2.45) is 0 Å². The van der Waals surface area contributed by atoms with Gasteiger partial charge in [-0.3, -0.25) is 4.57 Å². The number of hydrogen-bond donors (Lipinski definition) is 0. The Hall–Kier alpha value is -6.91. The zero-order valence-electron chi connectivity index (χ0n) is 37.8. The van der Waals surface area contributed by atoms with E-state index in [0.717, 1.165) is 5.82 Å². The van der Waals surface area contributed by atoms with Crippen LogP contribution in [0, 0.1) is 0 Å². The summed E-state index contributed by atoms with van der Waals surface area (Å²) in [6, 6.07) is 64.9. The molecule has 1 aliphatic heterocycles. The van der Waals surface area contributed by atoms with Crippen molar-refractivity contribution in [3.8, 4) is 28.1 Å². The number of para-hydroxylation sites is 4. The number of fused-ring (bicyclic) bond motifs is 4. The third-order valence-corrected chi connectivity index (χ3v) is 13.3. The van der Waals surface area contributed by atoms with Crippen LogP contribution in [0.5, 0.6) is 0 Å². The highest BCUT2D eigenvalue weighted by atomic mass is 15.4. The van der Waals surface area contributed by atoms with E-state index in [0.29, 0.717) is 6.67 Å². The minimum absolute atomic E-state index is 0.00172. The van der Waals surface area contributed by atoms with Crippen molar-refractivity contribution in [2.45, 2.75) is 71.6 Å². The highest BCUT2D eigenvalue weighted by molar-refractivity contribution is 6.09. The van der Waals surface area contributed by atoms with E-state index in [1.165, 1.54) is 89.1 Å². The normalized spacial score (nSPS) is 13.3. The number of rotatable bonds is 7. The van der Waals surface area contributed by atoms with Gasteiger partial charge in [-0.15, -0.1) is 0 Å². The molecular weight excluding hydrogens is 765 g/mol. The second kappa shape index (κ2) is 15.2. The van der Waals surface area contributed by atoms with Gasteiger partial charge in [0.25, 0.3) is 0 Å². The third-order valence-electron chi connectivity index (χ3n) is 13.3. The molecule has 0 bridgehead atoms. The molecule has 10 rings (SSSR count). The molecule has 4 nitrogen and oxygen atoms in total. The number of hydrogen-bond acceptors (Lipinski definition) is 3. The topological polar surface area (TPSA) is 24.3 Å². The van der Waals surface area contributed by atoms with Gasteiger partial charge in [0.05, 0.1) is 28.1 Å². The van der Waals surface area contributed by atoms with Crippen molar-refractivity contribution in [3.05, 3.63) is 204 Å². The molecule has 312 valence electrons. The molecule has 0 spiro atoms. The van der Waals surface area contributed by atoms with Gasteiger partial charge in [-0.2, -0.15) is 0 Å². The molecule has 0 unspecified atom stereocenters. The van der Waals surface area contributed by atoms with Crippen LogP contribution in [0.2, 0.25) is 0 Å². The van der Waals surface area contributed by atoms with Gasteiger partial charge >= 0.3 is 0 Å². The number of aromatic nitrogens is 2. The van der Waals surface area contributed by atoms with E-state index >= 15 is 0 Å². The average molecular weight is 821 g/mol. The first-order valence-corrected chi connectivity index (χ1v) is 22.3. The lowest BCUT2D eigenvalue weighted by Crippen LogP contribution is -2.27. The van der Waals surface area contributed by atoms with E-state index < -0.39 is 0 Å². The van der Waals surface area contributed by atoms with Crippen LogP contribution in [0.3, 0.4) is 0 Å². The Balaban J connectivity index is 1.12. The standard InChI is InChI=1S/C59H56N4/c1-57(2,3)42-32-33-60-55(38-42)63-51-27-16-15-24-49(51)50-31-30-43(37-54(50)63)59(7,8)45-34-44(58(4,5)6)35-46(36-45)61-39-62(53-29-18-17-28-52(53)61)56-47(40-20-11-9-12-21-40)25-19-26-48(56)41-22-13-10-14-23-41/h9-38H,39H2,1-8H3. The number of anilines is 4. The van der Waals surface area contributed by atoms with Crippen molar-refractivity contribution < 1.29 is 0 Å². The first kappa shape index (κ1) is 40.2. The molecule has 0 amide bonds. The SMILES string of the molecule is CC(C)(C)c1cc(N2CN(c3c(-c4ccccc4)cccc3-c3ccccc3)c3ccccc32)cc(C(C)(C)c2ccc3c4ccccc4n(-c4cc(C(C)(C)C)ccn4)c3c2)c1. The van der Waals surface area contributed by atoms with Crippen LogP contribution in [0.4, 0.5) is 22.7 Å². The zero-order chi connectivity index (χ0) is 43.7. The summed E-state index contributed by atoms with van der Waals surface area (Å²) in [7, 11) is 0. The fourth-order valence-corrected chi connectivity index (χ4v) is 9.50. The molecule has 0 aliphatic carbocycles. The summed E-state index contributed by atoms with van der Waals surface area (Å²) >= 11 is 0. The smallest absolute Gasteiger partial charge is 0.137 e. The maximum Gasteiger partial charge on any atom is 0.137 e. The summed E-state index contributed by atoms with van der Waals surface area (Å²) in [5.41, 5.74) is 16.7. The molecular formula is C59H56N4. The molecule has 0 saturated carbocycles. The first-order valence-electron chi connectivity index (χ1n) is 22.3. The average Bonchev–Trinajstić information content (AvgIpc) is 3.85. The van der Waals surface area contributed by atoms with Crippen molar-refractivity contribution in [1.29, 1.82) is 0 Å². The number of benzene rings is 7. The second-order valence-corrected chi connectivity index (χ2v) is 19.8. The Morgan fingerprint density at radius 1 is 0.429 bits per heavy atom. The Kier molecular flexibility index (Phi) is 9.67. The van der Waals surface area contributed by atoms with Crippen molar-refractivity contribution >= 4 is 44.6 Å². The molecule has 63 heavy (non-hydrogen) atoms. The Morgan fingerprint density at radius 2 is 1.00 bits per heavy atom. The molecule has 4 heteroatoms. The molecule has 0 N–H and O–H groups in total. The van der Waals surface area contributed by atoms with Crippen molar-refractivity contribution in [2.75, 3.05) is 16.5 Å². The van der Waals surface area contributed by atoms with Crippen molar-refractivity contribution in [3.63, 3.8) is 0 Å². The minimum Gasteiger partial charge on any atom is -0.321 e. The van der Waals surface area contributed by atoms with E-state index in [2.05, 4.69) is 246 Å². The van der Waals surface area contributed by atoms with E-state index in [-0.39, 0.29) is 16.2 Å². The fourth-order valence-electron chi connectivity index (χ4n) is 9.50. The summed E-state index contributed by atoms with van der Waals surface area (Å²) in [6.45, 7) is 19.2. The lowest BCUT2D eigenvalue weighted by molar-refractivity contribution is 0.582. The van der Waals surface area contributed by atoms with Crippen LogP contribution >= 0.6 is 0 Å². The second-order valence-electron chi connectivity index (χ2n) is 19.8. The third kappa shape index (κ3) is 7.08. The molecule has 0 fully saturated rings.